The summed E-state index contributed by atoms with van der Waals surface area (Å²) in [5.41, 5.74) is -1.43. The zero-order valence-corrected chi connectivity index (χ0v) is 14.9. The Labute approximate surface area is 145 Å². The molecule has 0 spiro atoms. The van der Waals surface area contributed by atoms with E-state index in [9.17, 15) is 14.4 Å². The van der Waals surface area contributed by atoms with Gasteiger partial charge in [-0.3, -0.25) is 0 Å². The van der Waals surface area contributed by atoms with Crippen LogP contribution in [-0.2, 0) is 0 Å². The maximum atomic E-state index is 11.8. The molecule has 0 aromatic carbocycles. The van der Waals surface area contributed by atoms with Crippen molar-refractivity contribution in [3.8, 4) is 17.2 Å². The molecule has 0 unspecified atom stereocenters. The predicted molar refractivity (Wildman–Crippen MR) is 82.6 cm³/mol. The Morgan fingerprint density at radius 2 is 0.920 bits per heavy atom. The third-order valence-corrected chi connectivity index (χ3v) is 5.63. The second-order valence-corrected chi connectivity index (χ2v) is 7.19. The van der Waals surface area contributed by atoms with Crippen LogP contribution in [-0.4, -0.2) is 17.3 Å². The van der Waals surface area contributed by atoms with Crippen LogP contribution in [0.4, 0.5) is 0 Å². The molecule has 126 valence electrons. The van der Waals surface area contributed by atoms with E-state index >= 15 is 0 Å². The van der Waals surface area contributed by atoms with Crippen molar-refractivity contribution in [3.05, 3.63) is 86.4 Å². The van der Waals surface area contributed by atoms with Crippen LogP contribution in [0, 0.1) is 0 Å². The van der Waals surface area contributed by atoms with Gasteiger partial charge in [0.1, 0.15) is 0 Å². The van der Waals surface area contributed by atoms with E-state index in [-0.39, 0.29) is 17.2 Å². The van der Waals surface area contributed by atoms with Crippen LogP contribution in [0.5, 0.6) is 17.2 Å². The van der Waals surface area contributed by atoms with Crippen LogP contribution in [0.15, 0.2) is 83.4 Å². The summed E-state index contributed by atoms with van der Waals surface area (Å²) in [6.45, 7) is 0. The summed E-state index contributed by atoms with van der Waals surface area (Å²) in [4.78, 5) is 35.3. The molecular weight excluding hydrogens is 394 g/mol. The summed E-state index contributed by atoms with van der Waals surface area (Å²) < 4.78 is 30.9. The number of hydrogen-bond donors (Lipinski definition) is 0. The van der Waals surface area contributed by atoms with E-state index in [0.717, 1.165) is 37.0 Å². The van der Waals surface area contributed by atoms with Crippen molar-refractivity contribution in [1.29, 1.82) is 0 Å². The van der Waals surface area contributed by atoms with Gasteiger partial charge in [-0.15, -0.1) is 0 Å². The Morgan fingerprint density at radius 3 is 1.20 bits per heavy atom. The monoisotopic (exact) mass is 402 g/mol. The first-order valence-electron chi connectivity index (χ1n) is 6.83. The Balaban J connectivity index is 1.90. The first-order valence-corrected chi connectivity index (χ1v) is 9.80. The minimum absolute atomic E-state index is 0.173. The fraction of sp³-hybridized carbons (Fsp3) is 0. The zero-order chi connectivity index (χ0) is 17.6. The van der Waals surface area contributed by atoms with Crippen LogP contribution < -0.4 is 26.9 Å². The van der Waals surface area contributed by atoms with Gasteiger partial charge in [0.15, 0.2) is 0 Å². The van der Waals surface area contributed by atoms with E-state index in [1.165, 1.54) is 18.8 Å². The summed E-state index contributed by atoms with van der Waals surface area (Å²) in [6, 6.07) is 3.42. The number of rotatable bonds is 6. The van der Waals surface area contributed by atoms with Gasteiger partial charge >= 0.3 is 145 Å². The van der Waals surface area contributed by atoms with Crippen LogP contribution in [0.2, 0.25) is 0 Å². The zero-order valence-electron chi connectivity index (χ0n) is 12.4. The van der Waals surface area contributed by atoms with Crippen molar-refractivity contribution in [1.82, 2.24) is 0 Å². The summed E-state index contributed by atoms with van der Waals surface area (Å²) in [5.74, 6) is -0.519. The summed E-state index contributed by atoms with van der Waals surface area (Å²) >= 11 is -3.84. The topological polar surface area (TPSA) is 118 Å². The molecule has 3 heterocycles. The molecule has 0 atom stereocenters. The quantitative estimate of drug-likeness (QED) is 0.557. The average molecular weight is 403 g/mol. The van der Waals surface area contributed by atoms with E-state index in [0.29, 0.717) is 0 Å². The van der Waals surface area contributed by atoms with Gasteiger partial charge in [0.05, 0.1) is 0 Å². The molecule has 0 N–H and O–H groups in total. The van der Waals surface area contributed by atoms with Crippen LogP contribution in [0.25, 0.3) is 0 Å². The minimum atomic E-state index is -3.84. The molecule has 0 aliphatic rings. The van der Waals surface area contributed by atoms with Gasteiger partial charge in [-0.05, 0) is 0 Å². The molecule has 9 nitrogen and oxygen atoms in total. The molecule has 3 rings (SSSR count). The van der Waals surface area contributed by atoms with Crippen LogP contribution in [0.1, 0.15) is 0 Å². The molecule has 25 heavy (non-hydrogen) atoms. The van der Waals surface area contributed by atoms with E-state index in [2.05, 4.69) is 0 Å². The van der Waals surface area contributed by atoms with E-state index < -0.39 is 33.6 Å². The van der Waals surface area contributed by atoms with Gasteiger partial charge in [-0.1, -0.05) is 0 Å². The van der Waals surface area contributed by atoms with E-state index in [1.807, 2.05) is 0 Å². The fourth-order valence-electron chi connectivity index (χ4n) is 1.67. The van der Waals surface area contributed by atoms with Crippen molar-refractivity contribution < 1.29 is 23.8 Å². The average Bonchev–Trinajstić information content (AvgIpc) is 2.61. The third-order valence-electron chi connectivity index (χ3n) is 2.82. The van der Waals surface area contributed by atoms with E-state index in [1.54, 1.807) is 0 Å². The first kappa shape index (κ1) is 16.7. The molecule has 0 saturated carbocycles. The Hall–Kier alpha value is -3.11. The van der Waals surface area contributed by atoms with Crippen molar-refractivity contribution in [3.63, 3.8) is 0 Å². The molecule has 0 saturated heterocycles. The molecule has 3 aromatic rings. The van der Waals surface area contributed by atoms with Crippen LogP contribution in [0.3, 0.4) is 0 Å². The standard InChI is InChI=1S/3C5H4O3.Ga/c3*6-4-1-2-8-3-5(4)7;/h3*1-3,7H;/q;;;+3/p-3. The molecule has 0 bridgehead atoms. The Bertz CT molecular complexity index is 888. The van der Waals surface area contributed by atoms with Crippen molar-refractivity contribution in [2.75, 3.05) is 0 Å². The van der Waals surface area contributed by atoms with Gasteiger partial charge < -0.3 is 0 Å². The normalized spacial score (nSPS) is 10.1. The molecule has 3 aromatic heterocycles. The number of hydrogen-bond acceptors (Lipinski definition) is 9. The Morgan fingerprint density at radius 1 is 0.600 bits per heavy atom. The van der Waals surface area contributed by atoms with Gasteiger partial charge in [-0.25, -0.2) is 0 Å². The van der Waals surface area contributed by atoms with Crippen LogP contribution >= 0.6 is 0 Å². The molecule has 0 aliphatic heterocycles. The molecular formula is C15H9GaO9. The van der Waals surface area contributed by atoms with Crippen molar-refractivity contribution >= 4 is 17.3 Å². The van der Waals surface area contributed by atoms with Gasteiger partial charge in [0.2, 0.25) is 0 Å². The van der Waals surface area contributed by atoms with Gasteiger partial charge in [0.25, 0.3) is 0 Å². The summed E-state index contributed by atoms with van der Waals surface area (Å²) in [6.07, 6.45) is 6.72. The summed E-state index contributed by atoms with van der Waals surface area (Å²) in [5, 5.41) is 0. The molecule has 10 heteroatoms. The van der Waals surface area contributed by atoms with Crippen molar-refractivity contribution in [2.24, 2.45) is 0 Å². The van der Waals surface area contributed by atoms with E-state index in [4.69, 9.17) is 23.8 Å². The second kappa shape index (κ2) is 7.64. The second-order valence-electron chi connectivity index (χ2n) is 4.50. The maximum absolute atomic E-state index is 11.8. The SMILES string of the molecule is O=c1ccocc1[O][Ga]([O]c1coccc1=O)[O]c1coccc1=O. The predicted octanol–water partition coefficient (Wildman–Crippen LogP) is 1.07. The third kappa shape index (κ3) is 4.25. The van der Waals surface area contributed by atoms with Gasteiger partial charge in [-0.2, -0.15) is 0 Å². The molecule has 0 aliphatic carbocycles. The molecule has 0 fully saturated rings. The molecule has 0 amide bonds. The summed E-state index contributed by atoms with van der Waals surface area (Å²) in [7, 11) is 0. The van der Waals surface area contributed by atoms with Gasteiger partial charge in [0, 0.05) is 0 Å². The van der Waals surface area contributed by atoms with Crippen molar-refractivity contribution in [2.45, 2.75) is 0 Å². The first-order chi connectivity index (χ1) is 12.1. The molecule has 0 radical (unpaired) electrons. The fourth-order valence-corrected chi connectivity index (χ4v) is 4.36. The Kier molecular flexibility index (Phi) is 5.11.